The summed E-state index contributed by atoms with van der Waals surface area (Å²) in [6.07, 6.45) is 35.2. The van der Waals surface area contributed by atoms with Crippen LogP contribution in [0.1, 0.15) is 213 Å². The molecule has 272 valence electrons. The zero-order valence-electron chi connectivity index (χ0n) is 30.4. The van der Waals surface area contributed by atoms with Gasteiger partial charge in [0.05, 0.1) is 0 Å². The maximum Gasteiger partial charge on any atom is 0.326 e. The van der Waals surface area contributed by atoms with Gasteiger partial charge in [0.1, 0.15) is 12.1 Å². The Labute approximate surface area is 284 Å². The standard InChI is InChI=1S/C39H76N2O5/c1-3-5-6-7-8-9-10-11-12-13-14-15-16-17-18-19-20-21-22-23-27-33-38(43)46-35(29-4-2)30-25-24-26-32-37(42)41-36(39(44)45)31-28-34-40/h35-36H,3-34,40H2,1-2H3,(H,41,42)(H,44,45). The quantitative estimate of drug-likeness (QED) is 0.0458. The molecule has 0 saturated heterocycles. The maximum atomic E-state index is 12.4. The van der Waals surface area contributed by atoms with Crippen LogP contribution in [0.4, 0.5) is 0 Å². The summed E-state index contributed by atoms with van der Waals surface area (Å²) in [6.45, 7) is 4.80. The molecule has 1 amide bonds. The Morgan fingerprint density at radius 1 is 0.543 bits per heavy atom. The lowest BCUT2D eigenvalue weighted by Crippen LogP contribution is -2.40. The van der Waals surface area contributed by atoms with E-state index < -0.39 is 12.0 Å². The number of aliphatic carboxylic acids is 1. The summed E-state index contributed by atoms with van der Waals surface area (Å²) < 4.78 is 5.79. The van der Waals surface area contributed by atoms with Gasteiger partial charge in [-0.05, 0) is 51.5 Å². The molecule has 2 unspecified atom stereocenters. The number of carbonyl (C=O) groups is 3. The first kappa shape index (κ1) is 44.4. The van der Waals surface area contributed by atoms with E-state index in [-0.39, 0.29) is 18.0 Å². The van der Waals surface area contributed by atoms with E-state index in [1.165, 1.54) is 122 Å². The van der Waals surface area contributed by atoms with Gasteiger partial charge in [0.25, 0.3) is 0 Å². The van der Waals surface area contributed by atoms with Crippen molar-refractivity contribution >= 4 is 17.8 Å². The van der Waals surface area contributed by atoms with Crippen LogP contribution in [0.5, 0.6) is 0 Å². The number of amides is 1. The Morgan fingerprint density at radius 3 is 1.41 bits per heavy atom. The van der Waals surface area contributed by atoms with Crippen LogP contribution < -0.4 is 11.1 Å². The van der Waals surface area contributed by atoms with Gasteiger partial charge >= 0.3 is 11.9 Å². The van der Waals surface area contributed by atoms with Gasteiger partial charge in [-0.1, -0.05) is 155 Å². The van der Waals surface area contributed by atoms with Crippen molar-refractivity contribution in [1.29, 1.82) is 0 Å². The molecular weight excluding hydrogens is 576 g/mol. The smallest absolute Gasteiger partial charge is 0.326 e. The Morgan fingerprint density at radius 2 is 0.978 bits per heavy atom. The second-order valence-electron chi connectivity index (χ2n) is 13.7. The predicted molar refractivity (Wildman–Crippen MR) is 193 cm³/mol. The normalized spacial score (nSPS) is 12.6. The molecule has 0 rings (SSSR count). The average molecular weight is 653 g/mol. The topological polar surface area (TPSA) is 119 Å². The van der Waals surface area contributed by atoms with Crippen LogP contribution in [0.25, 0.3) is 0 Å². The minimum Gasteiger partial charge on any atom is -0.480 e. The van der Waals surface area contributed by atoms with Crippen LogP contribution in [-0.4, -0.2) is 41.6 Å². The third-order valence-electron chi connectivity index (χ3n) is 9.15. The monoisotopic (exact) mass is 653 g/mol. The number of hydrogen-bond donors (Lipinski definition) is 3. The van der Waals surface area contributed by atoms with Gasteiger partial charge in [-0.2, -0.15) is 0 Å². The largest absolute Gasteiger partial charge is 0.480 e. The minimum absolute atomic E-state index is 0.0473. The summed E-state index contributed by atoms with van der Waals surface area (Å²) in [4.78, 5) is 35.8. The number of nitrogens with one attached hydrogen (secondary N) is 1. The number of hydrogen-bond acceptors (Lipinski definition) is 5. The molecule has 2 atom stereocenters. The molecule has 0 saturated carbocycles. The van der Waals surface area contributed by atoms with Crippen molar-refractivity contribution in [1.82, 2.24) is 5.32 Å². The average Bonchev–Trinajstić information content (AvgIpc) is 3.03. The minimum atomic E-state index is -1.02. The molecule has 46 heavy (non-hydrogen) atoms. The summed E-state index contributed by atoms with van der Waals surface area (Å²) in [6, 6.07) is -0.868. The van der Waals surface area contributed by atoms with Crippen LogP contribution in [0.15, 0.2) is 0 Å². The van der Waals surface area contributed by atoms with Crippen molar-refractivity contribution in [2.75, 3.05) is 6.54 Å². The Balaban J connectivity index is 3.63. The Hall–Kier alpha value is -1.63. The maximum absolute atomic E-state index is 12.4. The van der Waals surface area contributed by atoms with E-state index >= 15 is 0 Å². The number of nitrogens with two attached hydrogens (primary N) is 1. The summed E-state index contributed by atoms with van der Waals surface area (Å²) in [7, 11) is 0. The number of ether oxygens (including phenoxy) is 1. The molecule has 0 aliphatic carbocycles. The fourth-order valence-corrected chi connectivity index (χ4v) is 6.21. The molecule has 0 heterocycles. The number of rotatable bonds is 36. The van der Waals surface area contributed by atoms with E-state index in [0.29, 0.717) is 38.6 Å². The van der Waals surface area contributed by atoms with Crippen molar-refractivity contribution in [3.8, 4) is 0 Å². The summed E-state index contributed by atoms with van der Waals surface area (Å²) >= 11 is 0. The lowest BCUT2D eigenvalue weighted by atomic mass is 10.0. The fraction of sp³-hybridized carbons (Fsp3) is 0.923. The van der Waals surface area contributed by atoms with Gasteiger partial charge in [-0.3, -0.25) is 9.59 Å². The highest BCUT2D eigenvalue weighted by Gasteiger charge is 2.19. The van der Waals surface area contributed by atoms with E-state index in [4.69, 9.17) is 10.5 Å². The molecule has 0 aliphatic heterocycles. The van der Waals surface area contributed by atoms with Crippen molar-refractivity contribution < 1.29 is 24.2 Å². The number of esters is 1. The summed E-state index contributed by atoms with van der Waals surface area (Å²) in [5, 5.41) is 11.8. The van der Waals surface area contributed by atoms with Gasteiger partial charge in [0, 0.05) is 12.8 Å². The highest BCUT2D eigenvalue weighted by atomic mass is 16.5. The van der Waals surface area contributed by atoms with Crippen LogP contribution in [-0.2, 0) is 19.1 Å². The highest BCUT2D eigenvalue weighted by Crippen LogP contribution is 2.17. The van der Waals surface area contributed by atoms with E-state index in [1.54, 1.807) is 0 Å². The van der Waals surface area contributed by atoms with Crippen molar-refractivity contribution in [2.24, 2.45) is 5.73 Å². The second-order valence-corrected chi connectivity index (χ2v) is 13.7. The zero-order valence-corrected chi connectivity index (χ0v) is 30.4. The van der Waals surface area contributed by atoms with Gasteiger partial charge in [-0.25, -0.2) is 4.79 Å². The number of unbranched alkanes of at least 4 members (excludes halogenated alkanes) is 22. The van der Waals surface area contributed by atoms with Crippen molar-refractivity contribution in [2.45, 2.75) is 225 Å². The SMILES string of the molecule is CCCCCCCCCCCCCCCCCCCCCCCC(=O)OC(CCC)CCCCCC(=O)NC(CCCN)C(=O)O. The van der Waals surface area contributed by atoms with Gasteiger partial charge in [-0.15, -0.1) is 0 Å². The first-order chi connectivity index (χ1) is 22.4. The van der Waals surface area contributed by atoms with E-state index in [1.807, 2.05) is 0 Å². The van der Waals surface area contributed by atoms with Crippen LogP contribution >= 0.6 is 0 Å². The fourth-order valence-electron chi connectivity index (χ4n) is 6.21. The molecule has 0 aliphatic rings. The number of carbonyl (C=O) groups excluding carboxylic acids is 2. The molecule has 4 N–H and O–H groups in total. The molecule has 0 spiro atoms. The predicted octanol–water partition coefficient (Wildman–Crippen LogP) is 10.6. The molecule has 0 aromatic heterocycles. The third kappa shape index (κ3) is 31.0. The third-order valence-corrected chi connectivity index (χ3v) is 9.15. The van der Waals surface area contributed by atoms with Gasteiger partial charge in [0.2, 0.25) is 5.91 Å². The summed E-state index contributed by atoms with van der Waals surface area (Å²) in [5.74, 6) is -1.32. The molecule has 0 radical (unpaired) electrons. The van der Waals surface area contributed by atoms with E-state index in [2.05, 4.69) is 19.2 Å². The molecule has 0 fully saturated rings. The second kappa shape index (κ2) is 34.7. The van der Waals surface area contributed by atoms with E-state index in [9.17, 15) is 19.5 Å². The van der Waals surface area contributed by atoms with Crippen LogP contribution in [0, 0.1) is 0 Å². The molecule has 7 nitrogen and oxygen atoms in total. The van der Waals surface area contributed by atoms with Crippen molar-refractivity contribution in [3.05, 3.63) is 0 Å². The number of carboxylic acids is 1. The zero-order chi connectivity index (χ0) is 33.9. The van der Waals surface area contributed by atoms with Gasteiger partial charge < -0.3 is 20.9 Å². The lowest BCUT2D eigenvalue weighted by Gasteiger charge is -2.17. The first-order valence-electron chi connectivity index (χ1n) is 19.9. The number of carboxylic acid groups (broad SMARTS) is 1. The Bertz CT molecular complexity index is 702. The van der Waals surface area contributed by atoms with E-state index in [0.717, 1.165) is 44.9 Å². The summed E-state index contributed by atoms with van der Waals surface area (Å²) in [5.41, 5.74) is 5.45. The molecule has 0 aromatic rings. The highest BCUT2D eigenvalue weighted by molar-refractivity contribution is 5.83. The van der Waals surface area contributed by atoms with Crippen LogP contribution in [0.2, 0.25) is 0 Å². The molecule has 0 aromatic carbocycles. The molecular formula is C39H76N2O5. The van der Waals surface area contributed by atoms with Gasteiger partial charge in [0.15, 0.2) is 0 Å². The molecule has 7 heteroatoms. The molecule has 0 bridgehead atoms. The van der Waals surface area contributed by atoms with Crippen molar-refractivity contribution in [3.63, 3.8) is 0 Å². The Kier molecular flexibility index (Phi) is 33.5. The first-order valence-corrected chi connectivity index (χ1v) is 19.9. The van der Waals surface area contributed by atoms with Crippen LogP contribution in [0.3, 0.4) is 0 Å². The lowest BCUT2D eigenvalue weighted by molar-refractivity contribution is -0.150.